The van der Waals surface area contributed by atoms with E-state index in [0.29, 0.717) is 24.1 Å². The molecule has 1 aromatic rings. The molecule has 0 radical (unpaired) electrons. The highest BCUT2D eigenvalue weighted by molar-refractivity contribution is 5.79. The predicted molar refractivity (Wildman–Crippen MR) is 103 cm³/mol. The molecule has 0 aliphatic carbocycles. The van der Waals surface area contributed by atoms with Gasteiger partial charge in [-0.1, -0.05) is 38.1 Å². The highest BCUT2D eigenvalue weighted by Crippen LogP contribution is 2.15. The van der Waals surface area contributed by atoms with Crippen LogP contribution < -0.4 is 10.6 Å². The molecule has 27 heavy (non-hydrogen) atoms. The smallest absolute Gasteiger partial charge is 0.367 e. The van der Waals surface area contributed by atoms with Crippen LogP contribution >= 0.6 is 0 Å². The number of nitrogens with one attached hydrogen (secondary N) is 2. The van der Waals surface area contributed by atoms with Gasteiger partial charge in [0.1, 0.15) is 6.61 Å². The summed E-state index contributed by atoms with van der Waals surface area (Å²) >= 11 is 0. The number of nitrogens with zero attached hydrogens (tertiary/aromatic N) is 2. The van der Waals surface area contributed by atoms with Gasteiger partial charge in [0, 0.05) is 26.2 Å². The van der Waals surface area contributed by atoms with Gasteiger partial charge in [-0.3, -0.25) is 9.89 Å². The van der Waals surface area contributed by atoms with Crippen molar-refractivity contribution < 1.29 is 17.9 Å². The first-order valence-corrected chi connectivity index (χ1v) is 9.19. The van der Waals surface area contributed by atoms with Crippen LogP contribution in [-0.4, -0.2) is 56.4 Å². The molecule has 1 rings (SSSR count). The third kappa shape index (κ3) is 9.63. The van der Waals surface area contributed by atoms with E-state index in [-0.39, 0.29) is 6.61 Å². The number of rotatable bonds is 10. The van der Waals surface area contributed by atoms with Gasteiger partial charge in [-0.05, 0) is 31.1 Å². The fourth-order valence-corrected chi connectivity index (χ4v) is 2.66. The number of aliphatic imine (C=N–C) groups is 1. The van der Waals surface area contributed by atoms with E-state index in [0.717, 1.165) is 25.2 Å². The third-order valence-corrected chi connectivity index (χ3v) is 4.24. The second-order valence-corrected chi connectivity index (χ2v) is 6.30. The Morgan fingerprint density at radius 2 is 1.70 bits per heavy atom. The van der Waals surface area contributed by atoms with E-state index in [2.05, 4.69) is 46.0 Å². The van der Waals surface area contributed by atoms with E-state index in [1.807, 2.05) is 12.1 Å². The van der Waals surface area contributed by atoms with Crippen LogP contribution in [0.2, 0.25) is 0 Å². The molecule has 1 unspecified atom stereocenters. The predicted octanol–water partition coefficient (Wildman–Crippen LogP) is 3.16. The molecule has 8 heteroatoms. The SMILES string of the molecule is CCN(CC)C(C)CNC(=NC)NCc1ccc(COCC(F)(F)F)cc1. The molecule has 5 nitrogen and oxygen atoms in total. The molecule has 0 amide bonds. The summed E-state index contributed by atoms with van der Waals surface area (Å²) in [4.78, 5) is 6.58. The zero-order valence-corrected chi connectivity index (χ0v) is 16.6. The molecule has 1 aromatic carbocycles. The van der Waals surface area contributed by atoms with Gasteiger partial charge in [0.15, 0.2) is 5.96 Å². The Morgan fingerprint density at radius 1 is 1.11 bits per heavy atom. The standard InChI is InChI=1S/C19H31F3N4O/c1-5-26(6-2)15(3)11-24-18(23-4)25-12-16-7-9-17(10-8-16)13-27-14-19(20,21)22/h7-10,15H,5-6,11-14H2,1-4H3,(H2,23,24,25). The molecule has 0 aliphatic rings. The van der Waals surface area contributed by atoms with Gasteiger partial charge >= 0.3 is 6.18 Å². The van der Waals surface area contributed by atoms with Gasteiger partial charge in [0.2, 0.25) is 0 Å². The summed E-state index contributed by atoms with van der Waals surface area (Å²) in [5.74, 6) is 0.714. The highest BCUT2D eigenvalue weighted by atomic mass is 19.4. The Hall–Kier alpha value is -1.80. The van der Waals surface area contributed by atoms with Gasteiger partial charge in [-0.2, -0.15) is 13.2 Å². The Labute approximate surface area is 160 Å². The fourth-order valence-electron chi connectivity index (χ4n) is 2.66. The zero-order chi connectivity index (χ0) is 20.3. The molecule has 0 spiro atoms. The largest absolute Gasteiger partial charge is 0.411 e. The summed E-state index contributed by atoms with van der Waals surface area (Å²) in [6.45, 7) is 8.54. The number of guanidine groups is 1. The Morgan fingerprint density at radius 3 is 2.22 bits per heavy atom. The summed E-state index contributed by atoms with van der Waals surface area (Å²) in [5.41, 5.74) is 1.72. The second-order valence-electron chi connectivity index (χ2n) is 6.30. The summed E-state index contributed by atoms with van der Waals surface area (Å²) in [6, 6.07) is 7.67. The lowest BCUT2D eigenvalue weighted by molar-refractivity contribution is -0.176. The van der Waals surface area contributed by atoms with E-state index < -0.39 is 12.8 Å². The molecule has 0 aromatic heterocycles. The quantitative estimate of drug-likeness (QED) is 0.478. The number of benzene rings is 1. The molecular weight excluding hydrogens is 357 g/mol. The number of ether oxygens (including phenoxy) is 1. The average molecular weight is 388 g/mol. The van der Waals surface area contributed by atoms with Crippen LogP contribution in [0.3, 0.4) is 0 Å². The maximum atomic E-state index is 12.1. The fraction of sp³-hybridized carbons (Fsp3) is 0.632. The van der Waals surface area contributed by atoms with Crippen molar-refractivity contribution in [2.75, 3.05) is 33.3 Å². The number of hydrogen-bond donors (Lipinski definition) is 2. The molecule has 154 valence electrons. The van der Waals surface area contributed by atoms with Crippen LogP contribution in [0, 0.1) is 0 Å². The van der Waals surface area contributed by atoms with Gasteiger partial charge in [0.05, 0.1) is 6.61 Å². The lowest BCUT2D eigenvalue weighted by atomic mass is 10.1. The lowest BCUT2D eigenvalue weighted by Gasteiger charge is -2.27. The zero-order valence-electron chi connectivity index (χ0n) is 16.6. The minimum Gasteiger partial charge on any atom is -0.367 e. The van der Waals surface area contributed by atoms with Crippen molar-refractivity contribution >= 4 is 5.96 Å². The van der Waals surface area contributed by atoms with Crippen LogP contribution in [0.1, 0.15) is 31.9 Å². The maximum absolute atomic E-state index is 12.1. The third-order valence-electron chi connectivity index (χ3n) is 4.24. The minimum absolute atomic E-state index is 0.0559. The molecule has 0 saturated heterocycles. The van der Waals surface area contributed by atoms with Crippen molar-refractivity contribution in [1.82, 2.24) is 15.5 Å². The van der Waals surface area contributed by atoms with E-state index in [9.17, 15) is 13.2 Å². The summed E-state index contributed by atoms with van der Waals surface area (Å²) in [6.07, 6.45) is -4.30. The topological polar surface area (TPSA) is 48.9 Å². The van der Waals surface area contributed by atoms with Crippen molar-refractivity contribution in [3.8, 4) is 0 Å². The van der Waals surface area contributed by atoms with E-state index in [1.54, 1.807) is 19.2 Å². The minimum atomic E-state index is -4.30. The van der Waals surface area contributed by atoms with Crippen molar-refractivity contribution in [2.24, 2.45) is 4.99 Å². The van der Waals surface area contributed by atoms with Crippen LogP contribution in [0.15, 0.2) is 29.3 Å². The van der Waals surface area contributed by atoms with E-state index in [1.165, 1.54) is 0 Å². The van der Waals surface area contributed by atoms with Crippen molar-refractivity contribution in [1.29, 1.82) is 0 Å². The molecule has 0 saturated carbocycles. The number of alkyl halides is 3. The van der Waals surface area contributed by atoms with Gasteiger partial charge in [-0.25, -0.2) is 0 Å². The maximum Gasteiger partial charge on any atom is 0.411 e. The summed E-state index contributed by atoms with van der Waals surface area (Å²) < 4.78 is 40.9. The highest BCUT2D eigenvalue weighted by Gasteiger charge is 2.27. The van der Waals surface area contributed by atoms with Gasteiger partial charge in [-0.15, -0.1) is 0 Å². The van der Waals surface area contributed by atoms with Crippen molar-refractivity contribution in [3.63, 3.8) is 0 Å². The molecule has 0 heterocycles. The van der Waals surface area contributed by atoms with Crippen LogP contribution in [0.5, 0.6) is 0 Å². The first-order chi connectivity index (χ1) is 12.8. The lowest BCUT2D eigenvalue weighted by Crippen LogP contribution is -2.45. The summed E-state index contributed by atoms with van der Waals surface area (Å²) in [7, 11) is 1.72. The van der Waals surface area contributed by atoms with Crippen molar-refractivity contribution in [2.45, 2.75) is 46.1 Å². The second kappa shape index (κ2) is 11.8. The van der Waals surface area contributed by atoms with Crippen LogP contribution in [-0.2, 0) is 17.9 Å². The molecular formula is C19H31F3N4O. The summed E-state index contributed by atoms with van der Waals surface area (Å²) in [5, 5.41) is 6.55. The van der Waals surface area contributed by atoms with E-state index in [4.69, 9.17) is 0 Å². The number of hydrogen-bond acceptors (Lipinski definition) is 3. The first-order valence-electron chi connectivity index (χ1n) is 9.19. The normalized spacial score (nSPS) is 13.7. The average Bonchev–Trinajstić information content (AvgIpc) is 2.63. The van der Waals surface area contributed by atoms with Crippen LogP contribution in [0.4, 0.5) is 13.2 Å². The Balaban J connectivity index is 2.40. The number of likely N-dealkylation sites (N-methyl/N-ethyl adjacent to an activating group) is 1. The molecule has 0 aliphatic heterocycles. The van der Waals surface area contributed by atoms with Gasteiger partial charge < -0.3 is 15.4 Å². The Bertz CT molecular complexity index is 557. The molecule has 0 fully saturated rings. The van der Waals surface area contributed by atoms with E-state index >= 15 is 0 Å². The Kier molecular flexibility index (Phi) is 10.2. The monoisotopic (exact) mass is 388 g/mol. The molecule has 2 N–H and O–H groups in total. The molecule has 1 atom stereocenters. The van der Waals surface area contributed by atoms with Crippen LogP contribution in [0.25, 0.3) is 0 Å². The van der Waals surface area contributed by atoms with Gasteiger partial charge in [0.25, 0.3) is 0 Å². The first kappa shape index (κ1) is 23.2. The van der Waals surface area contributed by atoms with Crippen molar-refractivity contribution in [3.05, 3.63) is 35.4 Å². The molecule has 0 bridgehead atoms. The number of halogens is 3.